The van der Waals surface area contributed by atoms with Crippen molar-refractivity contribution < 1.29 is 19.8 Å². The first-order valence-corrected chi connectivity index (χ1v) is 6.29. The molecule has 2 rings (SSSR count). The fourth-order valence-corrected chi connectivity index (χ4v) is 2.39. The van der Waals surface area contributed by atoms with Gasteiger partial charge in [0.25, 0.3) is 0 Å². The van der Waals surface area contributed by atoms with Gasteiger partial charge in [0.05, 0.1) is 5.92 Å². The molecule has 0 fully saturated rings. The van der Waals surface area contributed by atoms with E-state index in [1.165, 1.54) is 7.05 Å². The molecule has 0 heterocycles. The summed E-state index contributed by atoms with van der Waals surface area (Å²) >= 11 is 0. The summed E-state index contributed by atoms with van der Waals surface area (Å²) < 4.78 is 0. The molecule has 7 nitrogen and oxygen atoms in total. The van der Waals surface area contributed by atoms with Gasteiger partial charge in [0, 0.05) is 12.7 Å². The number of carbonyl (C=O) groups excluding carboxylic acids is 2. The van der Waals surface area contributed by atoms with Crippen LogP contribution in [-0.2, 0) is 11.2 Å². The van der Waals surface area contributed by atoms with E-state index in [0.29, 0.717) is 18.5 Å². The highest BCUT2D eigenvalue weighted by molar-refractivity contribution is 5.90. The van der Waals surface area contributed by atoms with E-state index in [0.717, 1.165) is 11.1 Å². The Morgan fingerprint density at radius 3 is 2.75 bits per heavy atom. The van der Waals surface area contributed by atoms with Crippen molar-refractivity contribution in [1.82, 2.24) is 10.6 Å². The Kier molecular flexibility index (Phi) is 4.21. The third-order valence-corrected chi connectivity index (χ3v) is 3.29. The van der Waals surface area contributed by atoms with E-state index in [4.69, 9.17) is 10.2 Å². The van der Waals surface area contributed by atoms with Gasteiger partial charge in [-0.1, -0.05) is 6.07 Å². The van der Waals surface area contributed by atoms with Crippen molar-refractivity contribution in [2.45, 2.75) is 25.2 Å². The van der Waals surface area contributed by atoms with Crippen LogP contribution in [0.25, 0.3) is 0 Å². The number of amides is 3. The molecule has 1 aliphatic carbocycles. The second-order valence-electron chi connectivity index (χ2n) is 4.59. The molecular weight excluding hydrogens is 262 g/mol. The monoisotopic (exact) mass is 279 g/mol. The van der Waals surface area contributed by atoms with Crippen molar-refractivity contribution in [3.8, 4) is 0 Å². The second kappa shape index (κ2) is 5.89. The standard InChI is InChI=1S/C13H17N3O4/c1-14-12(18)15-8-3-5-9-7(6-8)2-4-10(9)11(17)16-13(19)20/h3,5-6,10,13,19-20H,2,4H2,1H3,(H,16,17)(H2,14,15,18)/t10-/m0/s1. The van der Waals surface area contributed by atoms with Crippen molar-refractivity contribution in [3.63, 3.8) is 0 Å². The molecule has 7 heteroatoms. The molecule has 0 unspecified atom stereocenters. The van der Waals surface area contributed by atoms with Gasteiger partial charge in [-0.3, -0.25) is 4.79 Å². The van der Waals surface area contributed by atoms with Gasteiger partial charge in [-0.25, -0.2) is 4.79 Å². The first kappa shape index (κ1) is 14.3. The maximum absolute atomic E-state index is 11.8. The van der Waals surface area contributed by atoms with Crippen LogP contribution in [0.2, 0.25) is 0 Å². The van der Waals surface area contributed by atoms with E-state index in [2.05, 4.69) is 16.0 Å². The van der Waals surface area contributed by atoms with Crippen molar-refractivity contribution >= 4 is 17.6 Å². The summed E-state index contributed by atoms with van der Waals surface area (Å²) in [5, 5.41) is 24.7. The number of aryl methyl sites for hydroxylation is 1. The summed E-state index contributed by atoms with van der Waals surface area (Å²) in [5.41, 5.74) is 2.49. The van der Waals surface area contributed by atoms with Crippen LogP contribution in [0, 0.1) is 0 Å². The summed E-state index contributed by atoms with van der Waals surface area (Å²) in [7, 11) is 1.53. The van der Waals surface area contributed by atoms with E-state index in [9.17, 15) is 9.59 Å². The first-order valence-electron chi connectivity index (χ1n) is 6.29. The molecule has 0 saturated heterocycles. The summed E-state index contributed by atoms with van der Waals surface area (Å²) in [4.78, 5) is 23.0. The molecule has 5 N–H and O–H groups in total. The Hall–Kier alpha value is -2.12. The lowest BCUT2D eigenvalue weighted by atomic mass is 10.0. The highest BCUT2D eigenvalue weighted by Gasteiger charge is 2.29. The van der Waals surface area contributed by atoms with Gasteiger partial charge >= 0.3 is 6.03 Å². The lowest BCUT2D eigenvalue weighted by Crippen LogP contribution is -2.37. The number of hydrogen-bond acceptors (Lipinski definition) is 4. The van der Waals surface area contributed by atoms with Crippen LogP contribution in [-0.4, -0.2) is 35.6 Å². The van der Waals surface area contributed by atoms with Crippen LogP contribution in [0.3, 0.4) is 0 Å². The molecule has 0 aliphatic heterocycles. The molecule has 0 spiro atoms. The van der Waals surface area contributed by atoms with Crippen LogP contribution in [0.15, 0.2) is 18.2 Å². The lowest BCUT2D eigenvalue weighted by molar-refractivity contribution is -0.135. The normalized spacial score (nSPS) is 16.7. The van der Waals surface area contributed by atoms with Gasteiger partial charge in [-0.15, -0.1) is 0 Å². The Labute approximate surface area is 116 Å². The van der Waals surface area contributed by atoms with Crippen molar-refractivity contribution in [2.75, 3.05) is 12.4 Å². The van der Waals surface area contributed by atoms with Gasteiger partial charge in [0.1, 0.15) is 0 Å². The molecule has 1 aromatic carbocycles. The lowest BCUT2D eigenvalue weighted by Gasteiger charge is -2.14. The minimum atomic E-state index is -1.85. The van der Waals surface area contributed by atoms with Gasteiger partial charge in [-0.05, 0) is 36.1 Å². The summed E-state index contributed by atoms with van der Waals surface area (Å²) in [6.07, 6.45) is -0.532. The number of fused-ring (bicyclic) bond motifs is 1. The van der Waals surface area contributed by atoms with E-state index < -0.39 is 12.3 Å². The van der Waals surface area contributed by atoms with Gasteiger partial charge in [-0.2, -0.15) is 0 Å². The zero-order valence-electron chi connectivity index (χ0n) is 11.0. The number of benzene rings is 1. The summed E-state index contributed by atoms with van der Waals surface area (Å²) in [6, 6.07) is 5.02. The number of aliphatic hydroxyl groups excluding tert-OH is 1. The molecule has 0 bridgehead atoms. The number of rotatable bonds is 3. The number of carbonyl (C=O) groups is 2. The number of anilines is 1. The zero-order valence-corrected chi connectivity index (χ0v) is 11.0. The third kappa shape index (κ3) is 3.06. The largest absolute Gasteiger partial charge is 0.351 e. The highest BCUT2D eigenvalue weighted by Crippen LogP contribution is 2.34. The predicted molar refractivity (Wildman–Crippen MR) is 72.0 cm³/mol. The predicted octanol–water partition coefficient (Wildman–Crippen LogP) is -0.148. The van der Waals surface area contributed by atoms with E-state index >= 15 is 0 Å². The van der Waals surface area contributed by atoms with Crippen LogP contribution in [0.5, 0.6) is 0 Å². The summed E-state index contributed by atoms with van der Waals surface area (Å²) in [6.45, 7) is 0. The van der Waals surface area contributed by atoms with Crippen LogP contribution in [0.1, 0.15) is 23.5 Å². The Bertz CT molecular complexity index is 530. The van der Waals surface area contributed by atoms with Crippen molar-refractivity contribution in [2.24, 2.45) is 0 Å². The molecule has 1 atom stereocenters. The number of nitrogens with one attached hydrogen (secondary N) is 3. The number of aliphatic hydroxyl groups is 2. The maximum atomic E-state index is 11.8. The third-order valence-electron chi connectivity index (χ3n) is 3.29. The quantitative estimate of drug-likeness (QED) is 0.496. The van der Waals surface area contributed by atoms with Crippen molar-refractivity contribution in [1.29, 1.82) is 0 Å². The summed E-state index contributed by atoms with van der Waals surface area (Å²) in [5.74, 6) is -0.799. The molecule has 0 saturated carbocycles. The topological polar surface area (TPSA) is 111 Å². The molecule has 0 radical (unpaired) electrons. The fraction of sp³-hybridized carbons (Fsp3) is 0.385. The molecule has 108 valence electrons. The molecule has 0 aromatic heterocycles. The minimum absolute atomic E-state index is 0.305. The average molecular weight is 279 g/mol. The molecule has 1 aromatic rings. The van der Waals surface area contributed by atoms with Crippen LogP contribution in [0.4, 0.5) is 10.5 Å². The number of hydrogen-bond donors (Lipinski definition) is 5. The number of urea groups is 1. The Morgan fingerprint density at radius 2 is 2.10 bits per heavy atom. The molecule has 1 aliphatic rings. The minimum Gasteiger partial charge on any atom is -0.351 e. The maximum Gasteiger partial charge on any atom is 0.318 e. The SMILES string of the molecule is CNC(=O)Nc1ccc2c(c1)CC[C@@H]2C(=O)NC(O)O. The van der Waals surface area contributed by atoms with Crippen LogP contribution < -0.4 is 16.0 Å². The Balaban J connectivity index is 2.14. The van der Waals surface area contributed by atoms with E-state index in [1.807, 2.05) is 6.07 Å². The van der Waals surface area contributed by atoms with Gasteiger partial charge in [0.2, 0.25) is 12.3 Å². The first-order chi connectivity index (χ1) is 9.51. The fourth-order valence-electron chi connectivity index (χ4n) is 2.39. The molecule has 20 heavy (non-hydrogen) atoms. The highest BCUT2D eigenvalue weighted by atomic mass is 16.5. The van der Waals surface area contributed by atoms with Crippen LogP contribution >= 0.6 is 0 Å². The van der Waals surface area contributed by atoms with E-state index in [1.54, 1.807) is 12.1 Å². The zero-order chi connectivity index (χ0) is 14.7. The second-order valence-corrected chi connectivity index (χ2v) is 4.59. The molecule has 3 amide bonds. The molecular formula is C13H17N3O4. The Morgan fingerprint density at radius 1 is 1.35 bits per heavy atom. The van der Waals surface area contributed by atoms with Gasteiger partial charge in [0.15, 0.2) is 0 Å². The smallest absolute Gasteiger partial charge is 0.318 e. The van der Waals surface area contributed by atoms with Crippen molar-refractivity contribution in [3.05, 3.63) is 29.3 Å². The van der Waals surface area contributed by atoms with Gasteiger partial charge < -0.3 is 26.2 Å². The van der Waals surface area contributed by atoms with E-state index in [-0.39, 0.29) is 11.9 Å². The average Bonchev–Trinajstić information content (AvgIpc) is 2.80.